The zero-order chi connectivity index (χ0) is 14.6. The van der Waals surface area contributed by atoms with Gasteiger partial charge in [-0.3, -0.25) is 30.2 Å². The molecular formula is C9H10N4O6. The number of nitro groups is 2. The highest BCUT2D eigenvalue weighted by atomic mass is 16.6. The molecule has 0 aliphatic heterocycles. The third-order valence-electron chi connectivity index (χ3n) is 2.21. The first-order valence-corrected chi connectivity index (χ1v) is 5.07. The Labute approximate surface area is 106 Å². The van der Waals surface area contributed by atoms with E-state index in [0.29, 0.717) is 0 Å². The molecule has 19 heavy (non-hydrogen) atoms. The number of carbonyl (C=O) groups is 1. The Morgan fingerprint density at radius 2 is 1.74 bits per heavy atom. The zero-order valence-corrected chi connectivity index (χ0v) is 9.74. The van der Waals surface area contributed by atoms with E-state index in [4.69, 9.17) is 5.21 Å². The van der Waals surface area contributed by atoms with Crippen molar-refractivity contribution in [1.29, 1.82) is 0 Å². The summed E-state index contributed by atoms with van der Waals surface area (Å²) in [6.45, 7) is 1.84. The molecule has 0 spiro atoms. The molecule has 0 aliphatic carbocycles. The number of amides is 1. The largest absolute Gasteiger partial charge is 0.374 e. The predicted octanol–water partition coefficient (Wildman–Crippen LogP) is 1.05. The van der Waals surface area contributed by atoms with E-state index >= 15 is 0 Å². The highest BCUT2D eigenvalue weighted by Gasteiger charge is 2.28. The van der Waals surface area contributed by atoms with Crippen LogP contribution in [0.4, 0.5) is 17.1 Å². The lowest BCUT2D eigenvalue weighted by molar-refractivity contribution is -0.392. The van der Waals surface area contributed by atoms with Gasteiger partial charge in [-0.05, 0) is 6.92 Å². The molecule has 0 aromatic heterocycles. The van der Waals surface area contributed by atoms with Gasteiger partial charge in [-0.25, -0.2) is 5.48 Å². The van der Waals surface area contributed by atoms with Crippen LogP contribution in [0.3, 0.4) is 0 Å². The van der Waals surface area contributed by atoms with Crippen LogP contribution < -0.4 is 10.8 Å². The van der Waals surface area contributed by atoms with E-state index in [1.54, 1.807) is 6.92 Å². The van der Waals surface area contributed by atoms with Crippen LogP contribution >= 0.6 is 0 Å². The molecule has 102 valence electrons. The molecule has 0 heterocycles. The molecule has 0 atom stereocenters. The fourth-order valence-electron chi connectivity index (χ4n) is 1.45. The summed E-state index contributed by atoms with van der Waals surface area (Å²) in [5, 5.41) is 32.7. The number of nitrogens with one attached hydrogen (secondary N) is 2. The van der Waals surface area contributed by atoms with Gasteiger partial charge in [-0.15, -0.1) is 0 Å². The van der Waals surface area contributed by atoms with Crippen LogP contribution in [-0.2, 0) is 0 Å². The Morgan fingerprint density at radius 3 is 2.05 bits per heavy atom. The third kappa shape index (κ3) is 2.93. The summed E-state index contributed by atoms with van der Waals surface area (Å²) in [6, 6.07) is 1.69. The fourth-order valence-corrected chi connectivity index (χ4v) is 1.45. The second-order valence-corrected chi connectivity index (χ2v) is 3.37. The minimum atomic E-state index is -1.07. The Morgan fingerprint density at radius 1 is 1.26 bits per heavy atom. The van der Waals surface area contributed by atoms with Gasteiger partial charge in [0, 0.05) is 18.7 Å². The van der Waals surface area contributed by atoms with E-state index in [0.717, 1.165) is 12.1 Å². The molecule has 1 amide bonds. The standard InChI is InChI=1S/C9H10N4O6/c1-2-10-8-6(12(16)17)3-5(9(14)11-15)4-7(8)13(18)19/h3-4,10,15H,2H2,1H3,(H,11,14). The molecule has 1 rings (SSSR count). The van der Waals surface area contributed by atoms with Crippen LogP contribution in [-0.4, -0.2) is 27.5 Å². The smallest absolute Gasteiger partial charge is 0.300 e. The minimum Gasteiger partial charge on any atom is -0.374 e. The first-order chi connectivity index (χ1) is 8.92. The zero-order valence-electron chi connectivity index (χ0n) is 9.74. The summed E-state index contributed by atoms with van der Waals surface area (Å²) in [4.78, 5) is 31.3. The molecule has 0 fully saturated rings. The quantitative estimate of drug-likeness (QED) is 0.411. The Bertz CT molecular complexity index is 509. The lowest BCUT2D eigenvalue weighted by Gasteiger charge is -2.07. The maximum absolute atomic E-state index is 11.2. The number of rotatable bonds is 5. The Kier molecular flexibility index (Phi) is 4.32. The molecule has 10 heteroatoms. The highest BCUT2D eigenvalue weighted by molar-refractivity contribution is 5.96. The summed E-state index contributed by atoms with van der Waals surface area (Å²) in [5.74, 6) is -1.07. The lowest BCUT2D eigenvalue weighted by atomic mass is 10.1. The van der Waals surface area contributed by atoms with Gasteiger partial charge in [0.2, 0.25) is 0 Å². The second kappa shape index (κ2) is 5.73. The molecule has 0 saturated heterocycles. The van der Waals surface area contributed by atoms with Gasteiger partial charge in [0.25, 0.3) is 17.3 Å². The van der Waals surface area contributed by atoms with Crippen molar-refractivity contribution in [3.05, 3.63) is 37.9 Å². The van der Waals surface area contributed by atoms with Crippen LogP contribution in [0.2, 0.25) is 0 Å². The van der Waals surface area contributed by atoms with E-state index in [-0.39, 0.29) is 17.8 Å². The van der Waals surface area contributed by atoms with Gasteiger partial charge in [0.15, 0.2) is 5.69 Å². The lowest BCUT2D eigenvalue weighted by Crippen LogP contribution is -2.19. The van der Waals surface area contributed by atoms with Crippen molar-refractivity contribution in [2.24, 2.45) is 0 Å². The normalized spacial score (nSPS) is 9.79. The topological polar surface area (TPSA) is 148 Å². The summed E-state index contributed by atoms with van der Waals surface area (Å²) in [5.41, 5.74) is -0.643. The number of anilines is 1. The molecule has 1 aromatic carbocycles. The van der Waals surface area contributed by atoms with Crippen LogP contribution in [0.25, 0.3) is 0 Å². The molecule has 0 unspecified atom stereocenters. The Hall–Kier alpha value is -2.75. The van der Waals surface area contributed by atoms with Crippen molar-refractivity contribution in [3.63, 3.8) is 0 Å². The van der Waals surface area contributed by atoms with E-state index in [2.05, 4.69) is 5.32 Å². The Balaban J connectivity index is 3.57. The maximum atomic E-state index is 11.2. The summed E-state index contributed by atoms with van der Waals surface area (Å²) < 4.78 is 0. The van der Waals surface area contributed by atoms with Gasteiger partial charge in [0.1, 0.15) is 0 Å². The molecule has 0 radical (unpaired) electrons. The van der Waals surface area contributed by atoms with Gasteiger partial charge in [0.05, 0.1) is 15.4 Å². The van der Waals surface area contributed by atoms with Crippen LogP contribution in [0.5, 0.6) is 0 Å². The number of hydroxylamine groups is 1. The van der Waals surface area contributed by atoms with Crippen molar-refractivity contribution in [3.8, 4) is 0 Å². The number of carbonyl (C=O) groups excluding carboxylic acids is 1. The molecule has 0 saturated carbocycles. The summed E-state index contributed by atoms with van der Waals surface area (Å²) in [6.07, 6.45) is 0. The van der Waals surface area contributed by atoms with Crippen LogP contribution in [0, 0.1) is 20.2 Å². The molecule has 1 aromatic rings. The third-order valence-corrected chi connectivity index (χ3v) is 2.21. The first-order valence-electron chi connectivity index (χ1n) is 5.07. The maximum Gasteiger partial charge on any atom is 0.300 e. The monoisotopic (exact) mass is 270 g/mol. The number of hydrogen-bond acceptors (Lipinski definition) is 7. The highest BCUT2D eigenvalue weighted by Crippen LogP contribution is 2.35. The second-order valence-electron chi connectivity index (χ2n) is 3.37. The van der Waals surface area contributed by atoms with Gasteiger partial charge >= 0.3 is 0 Å². The van der Waals surface area contributed by atoms with E-state index < -0.39 is 27.1 Å². The van der Waals surface area contributed by atoms with Crippen LogP contribution in [0.1, 0.15) is 17.3 Å². The number of hydrogen-bond donors (Lipinski definition) is 3. The fraction of sp³-hybridized carbons (Fsp3) is 0.222. The molecular weight excluding hydrogens is 260 g/mol. The van der Waals surface area contributed by atoms with E-state index in [9.17, 15) is 25.0 Å². The van der Waals surface area contributed by atoms with Crippen LogP contribution in [0.15, 0.2) is 12.1 Å². The number of nitro benzene ring substituents is 2. The van der Waals surface area contributed by atoms with Crippen molar-refractivity contribution in [2.45, 2.75) is 6.92 Å². The summed E-state index contributed by atoms with van der Waals surface area (Å²) >= 11 is 0. The number of nitrogens with zero attached hydrogens (tertiary/aromatic N) is 2. The average Bonchev–Trinajstić information content (AvgIpc) is 2.37. The van der Waals surface area contributed by atoms with Gasteiger partial charge < -0.3 is 5.32 Å². The number of benzene rings is 1. The van der Waals surface area contributed by atoms with E-state index in [1.165, 1.54) is 5.48 Å². The average molecular weight is 270 g/mol. The van der Waals surface area contributed by atoms with Crippen molar-refractivity contribution in [2.75, 3.05) is 11.9 Å². The predicted molar refractivity (Wildman–Crippen MR) is 63.2 cm³/mol. The van der Waals surface area contributed by atoms with Crippen molar-refractivity contribution >= 4 is 23.0 Å². The SMILES string of the molecule is CCNc1c([N+](=O)[O-])cc(C(=O)NO)cc1[N+](=O)[O-]. The minimum absolute atomic E-state index is 0.229. The van der Waals surface area contributed by atoms with Gasteiger partial charge in [-0.2, -0.15) is 0 Å². The first kappa shape index (κ1) is 14.3. The van der Waals surface area contributed by atoms with Crippen molar-refractivity contribution < 1.29 is 19.8 Å². The van der Waals surface area contributed by atoms with Gasteiger partial charge in [-0.1, -0.05) is 0 Å². The summed E-state index contributed by atoms with van der Waals surface area (Å²) in [7, 11) is 0. The molecule has 0 aliphatic rings. The van der Waals surface area contributed by atoms with Crippen molar-refractivity contribution in [1.82, 2.24) is 5.48 Å². The van der Waals surface area contributed by atoms with E-state index in [1.807, 2.05) is 0 Å². The molecule has 0 bridgehead atoms. The molecule has 10 nitrogen and oxygen atoms in total. The molecule has 3 N–H and O–H groups in total.